The zero-order valence-electron chi connectivity index (χ0n) is 21.3. The van der Waals surface area contributed by atoms with Crippen molar-refractivity contribution in [3.63, 3.8) is 0 Å². The molecule has 1 aromatic carbocycles. The molecule has 4 rings (SSSR count). The Morgan fingerprint density at radius 3 is 2.39 bits per heavy atom. The average Bonchev–Trinajstić information content (AvgIpc) is 3.47. The smallest absolute Gasteiger partial charge is 0.418 e. The van der Waals surface area contributed by atoms with E-state index in [1.54, 1.807) is 0 Å². The van der Waals surface area contributed by atoms with E-state index in [0.717, 1.165) is 43.3 Å². The number of pyridine rings is 1. The van der Waals surface area contributed by atoms with E-state index in [9.17, 15) is 26.7 Å². The van der Waals surface area contributed by atoms with Crippen molar-refractivity contribution in [1.82, 2.24) is 14.5 Å². The van der Waals surface area contributed by atoms with Crippen molar-refractivity contribution in [2.75, 3.05) is 25.0 Å². The van der Waals surface area contributed by atoms with E-state index in [0.29, 0.717) is 19.7 Å². The summed E-state index contributed by atoms with van der Waals surface area (Å²) in [6.07, 6.45) is -1.06. The lowest BCUT2D eigenvalue weighted by Crippen LogP contribution is -2.32. The minimum atomic E-state index is -4.79. The van der Waals surface area contributed by atoms with Gasteiger partial charge in [0.15, 0.2) is 17.4 Å². The van der Waals surface area contributed by atoms with E-state index in [4.69, 9.17) is 9.47 Å². The molecule has 2 aromatic heterocycles. The van der Waals surface area contributed by atoms with Gasteiger partial charge in [0.1, 0.15) is 18.1 Å². The number of nitrogens with one attached hydrogen (secondary N) is 1. The van der Waals surface area contributed by atoms with E-state index in [1.807, 2.05) is 0 Å². The number of alkyl halides is 3. The van der Waals surface area contributed by atoms with Gasteiger partial charge in [0.25, 0.3) is 0 Å². The number of carbonyl (C=O) groups excluding carboxylic acids is 1. The number of amides is 2. The van der Waals surface area contributed by atoms with E-state index in [-0.39, 0.29) is 18.1 Å². The number of aromatic nitrogens is 2. The highest BCUT2D eigenvalue weighted by Crippen LogP contribution is 2.42. The van der Waals surface area contributed by atoms with Crippen LogP contribution in [0.3, 0.4) is 0 Å². The zero-order valence-corrected chi connectivity index (χ0v) is 22.3. The number of anilines is 1. The monoisotopic (exact) mass is 556 g/mol. The molecule has 0 radical (unpaired) electrons. The molecule has 0 bridgehead atoms. The predicted octanol–water partition coefficient (Wildman–Crippen LogP) is 7.07. The molecule has 13 heteroatoms. The first-order chi connectivity index (χ1) is 17.8. The van der Waals surface area contributed by atoms with Crippen LogP contribution in [0, 0.1) is 11.6 Å². The first-order valence-corrected chi connectivity index (χ1v) is 15.9. The molecule has 0 aliphatic carbocycles. The summed E-state index contributed by atoms with van der Waals surface area (Å²) in [5, 5.41) is 1.98. The maximum Gasteiger partial charge on any atom is 0.418 e. The maximum absolute atomic E-state index is 14.9. The standard InChI is InChI=1S/C25H29F5N4O3Si/c1-38(2,3)11-10-36-15-34-14-17(25(28,29)30)21-20(6-7-31-23(21)34)37-22-18(26)12-16(13-19(22)27)32-24(35)33-8-4-5-9-33/h6-7,12-14H,4-5,8-11,15H2,1-3H3,(H,32,35). The van der Waals surface area contributed by atoms with Crippen LogP contribution in [-0.2, 0) is 17.6 Å². The van der Waals surface area contributed by atoms with Gasteiger partial charge in [0.05, 0.1) is 10.9 Å². The number of hydrogen-bond acceptors (Lipinski definition) is 4. The molecule has 1 fully saturated rings. The molecule has 38 heavy (non-hydrogen) atoms. The number of fused-ring (bicyclic) bond motifs is 1. The molecule has 0 saturated carbocycles. The van der Waals surface area contributed by atoms with Crippen molar-refractivity contribution in [3.8, 4) is 11.5 Å². The van der Waals surface area contributed by atoms with Crippen molar-refractivity contribution in [3.05, 3.63) is 47.8 Å². The first kappa shape index (κ1) is 27.8. The lowest BCUT2D eigenvalue weighted by molar-refractivity contribution is -0.136. The Hall–Kier alpha value is -3.19. The molecule has 206 valence electrons. The second-order valence-corrected chi connectivity index (χ2v) is 16.0. The fourth-order valence-electron chi connectivity index (χ4n) is 4.09. The van der Waals surface area contributed by atoms with Crippen LogP contribution in [0.4, 0.5) is 32.4 Å². The largest absolute Gasteiger partial charge is 0.450 e. The fourth-order valence-corrected chi connectivity index (χ4v) is 4.84. The van der Waals surface area contributed by atoms with Gasteiger partial charge in [0.2, 0.25) is 0 Å². The molecule has 3 aromatic rings. The number of rotatable bonds is 8. The summed E-state index contributed by atoms with van der Waals surface area (Å²) < 4.78 is 83.7. The minimum absolute atomic E-state index is 0.0989. The summed E-state index contributed by atoms with van der Waals surface area (Å²) in [6, 6.07) is 3.15. The molecular weight excluding hydrogens is 527 g/mol. The van der Waals surface area contributed by atoms with Gasteiger partial charge in [0, 0.05) is 58.0 Å². The third kappa shape index (κ3) is 6.44. The van der Waals surface area contributed by atoms with Crippen LogP contribution in [0.2, 0.25) is 25.7 Å². The lowest BCUT2D eigenvalue weighted by Gasteiger charge is -2.17. The van der Waals surface area contributed by atoms with Crippen molar-refractivity contribution >= 4 is 30.8 Å². The number of carbonyl (C=O) groups is 1. The number of nitrogens with zero attached hydrogens (tertiary/aromatic N) is 3. The Balaban J connectivity index is 1.62. The summed E-state index contributed by atoms with van der Waals surface area (Å²) in [5.74, 6) is -3.69. The van der Waals surface area contributed by atoms with Crippen LogP contribution in [0.15, 0.2) is 30.6 Å². The number of benzene rings is 1. The predicted molar refractivity (Wildman–Crippen MR) is 135 cm³/mol. The van der Waals surface area contributed by atoms with Crippen LogP contribution in [0.1, 0.15) is 18.4 Å². The Kier molecular flexibility index (Phi) is 7.97. The molecular formula is C25H29F5N4O3Si. The minimum Gasteiger partial charge on any atom is -0.450 e. The van der Waals surface area contributed by atoms with E-state index in [2.05, 4.69) is 29.9 Å². The van der Waals surface area contributed by atoms with Gasteiger partial charge < -0.3 is 24.3 Å². The third-order valence-corrected chi connectivity index (χ3v) is 7.81. The van der Waals surface area contributed by atoms with Crippen LogP contribution in [-0.4, -0.2) is 48.3 Å². The summed E-state index contributed by atoms with van der Waals surface area (Å²) in [6.45, 7) is 7.74. The van der Waals surface area contributed by atoms with Gasteiger partial charge >= 0.3 is 12.2 Å². The van der Waals surface area contributed by atoms with E-state index in [1.165, 1.54) is 15.7 Å². The lowest BCUT2D eigenvalue weighted by atomic mass is 10.2. The van der Waals surface area contributed by atoms with Crippen molar-refractivity contribution in [2.24, 2.45) is 0 Å². The van der Waals surface area contributed by atoms with Gasteiger partial charge in [-0.1, -0.05) is 19.6 Å². The third-order valence-electron chi connectivity index (χ3n) is 6.11. The highest BCUT2D eigenvalue weighted by molar-refractivity contribution is 6.76. The van der Waals surface area contributed by atoms with Gasteiger partial charge in [-0.15, -0.1) is 0 Å². The van der Waals surface area contributed by atoms with E-state index < -0.39 is 54.4 Å². The van der Waals surface area contributed by atoms with Crippen LogP contribution < -0.4 is 10.1 Å². The van der Waals surface area contributed by atoms with Gasteiger partial charge in [-0.2, -0.15) is 13.2 Å². The van der Waals surface area contributed by atoms with E-state index >= 15 is 0 Å². The molecule has 1 N–H and O–H groups in total. The van der Waals surface area contributed by atoms with Crippen molar-refractivity contribution < 1.29 is 36.2 Å². The molecule has 1 aliphatic heterocycles. The number of likely N-dealkylation sites (tertiary alicyclic amines) is 1. The number of halogens is 5. The average molecular weight is 557 g/mol. The molecule has 3 heterocycles. The fraction of sp³-hybridized carbons (Fsp3) is 0.440. The Morgan fingerprint density at radius 2 is 1.79 bits per heavy atom. The SMILES string of the molecule is C[Si](C)(C)CCOCn1cc(C(F)(F)F)c2c(Oc3c(F)cc(NC(=O)N4CCCC4)cc3F)ccnc21. The molecule has 0 unspecified atom stereocenters. The van der Waals surface area contributed by atoms with Gasteiger partial charge in [-0.3, -0.25) is 0 Å². The van der Waals surface area contributed by atoms with Crippen LogP contribution in [0.5, 0.6) is 11.5 Å². The van der Waals surface area contributed by atoms with Crippen LogP contribution in [0.25, 0.3) is 11.0 Å². The Morgan fingerprint density at radius 1 is 1.13 bits per heavy atom. The molecule has 1 aliphatic rings. The zero-order chi connectivity index (χ0) is 27.7. The normalized spacial score (nSPS) is 14.4. The first-order valence-electron chi connectivity index (χ1n) is 12.2. The molecule has 7 nitrogen and oxygen atoms in total. The highest BCUT2D eigenvalue weighted by atomic mass is 28.3. The summed E-state index contributed by atoms with van der Waals surface area (Å²) in [5.41, 5.74) is -1.31. The second-order valence-electron chi connectivity index (χ2n) is 10.4. The molecule has 1 saturated heterocycles. The van der Waals surface area contributed by atoms with Crippen molar-refractivity contribution in [2.45, 2.75) is 51.4 Å². The maximum atomic E-state index is 14.9. The molecule has 2 amide bonds. The number of ether oxygens (including phenoxy) is 2. The van der Waals surface area contributed by atoms with Crippen molar-refractivity contribution in [1.29, 1.82) is 0 Å². The quantitative estimate of drug-likeness (QED) is 0.183. The summed E-state index contributed by atoms with van der Waals surface area (Å²) in [7, 11) is -1.40. The summed E-state index contributed by atoms with van der Waals surface area (Å²) >= 11 is 0. The van der Waals surface area contributed by atoms with Gasteiger partial charge in [-0.05, 0) is 25.0 Å². The topological polar surface area (TPSA) is 68.6 Å². The molecule has 0 spiro atoms. The number of urea groups is 1. The summed E-state index contributed by atoms with van der Waals surface area (Å²) in [4.78, 5) is 17.8. The van der Waals surface area contributed by atoms with Gasteiger partial charge in [-0.25, -0.2) is 18.6 Å². The Labute approximate surface area is 217 Å². The Bertz CT molecular complexity index is 1290. The molecule has 0 atom stereocenters. The van der Waals surface area contributed by atoms with Crippen LogP contribution >= 0.6 is 0 Å². The second kappa shape index (κ2) is 10.9. The number of hydrogen-bond donors (Lipinski definition) is 1. The highest BCUT2D eigenvalue weighted by Gasteiger charge is 2.37.